The minimum absolute atomic E-state index is 0.0116. The molecule has 3 rings (SSSR count). The minimum atomic E-state index is -0.0116. The molecule has 29 heavy (non-hydrogen) atoms. The Bertz CT molecular complexity index is 785. The highest BCUT2D eigenvalue weighted by molar-refractivity contribution is 5.92. The zero-order valence-electron chi connectivity index (χ0n) is 18.0. The van der Waals surface area contributed by atoms with Crippen molar-refractivity contribution in [2.45, 2.75) is 32.7 Å². The van der Waals surface area contributed by atoms with Crippen molar-refractivity contribution in [2.24, 2.45) is 5.92 Å². The molecule has 0 radical (unpaired) electrons. The summed E-state index contributed by atoms with van der Waals surface area (Å²) in [7, 11) is 4.28. The van der Waals surface area contributed by atoms with E-state index in [4.69, 9.17) is 4.74 Å². The Labute approximate surface area is 174 Å². The summed E-state index contributed by atoms with van der Waals surface area (Å²) in [4.78, 5) is 17.1. The third-order valence-corrected chi connectivity index (χ3v) is 5.28. The van der Waals surface area contributed by atoms with Crippen molar-refractivity contribution >= 4 is 17.3 Å². The van der Waals surface area contributed by atoms with Crippen LogP contribution < -0.4 is 15.0 Å². The first-order chi connectivity index (χ1) is 13.9. The highest BCUT2D eigenvalue weighted by Gasteiger charge is 2.23. The molecule has 0 aromatic heterocycles. The van der Waals surface area contributed by atoms with Crippen LogP contribution in [0.3, 0.4) is 0 Å². The summed E-state index contributed by atoms with van der Waals surface area (Å²) in [5.41, 5.74) is 3.02. The third kappa shape index (κ3) is 6.23. The molecular weight excluding hydrogens is 362 g/mol. The van der Waals surface area contributed by atoms with Crippen LogP contribution in [0.5, 0.6) is 5.75 Å². The van der Waals surface area contributed by atoms with E-state index in [9.17, 15) is 4.79 Å². The van der Waals surface area contributed by atoms with Gasteiger partial charge < -0.3 is 19.9 Å². The maximum Gasteiger partial charge on any atom is 0.228 e. The average molecular weight is 396 g/mol. The molecule has 0 bridgehead atoms. The van der Waals surface area contributed by atoms with Gasteiger partial charge in [0.1, 0.15) is 5.75 Å². The van der Waals surface area contributed by atoms with Gasteiger partial charge in [-0.05, 0) is 68.4 Å². The Morgan fingerprint density at radius 2 is 1.83 bits per heavy atom. The van der Waals surface area contributed by atoms with Crippen molar-refractivity contribution in [3.63, 3.8) is 0 Å². The fourth-order valence-electron chi connectivity index (χ4n) is 3.51. The van der Waals surface area contributed by atoms with Gasteiger partial charge in [-0.2, -0.15) is 0 Å². The topological polar surface area (TPSA) is 44.8 Å². The second-order valence-corrected chi connectivity index (χ2v) is 8.47. The van der Waals surface area contributed by atoms with Crippen LogP contribution in [0.25, 0.3) is 0 Å². The van der Waals surface area contributed by atoms with Crippen LogP contribution in [0.2, 0.25) is 0 Å². The predicted molar refractivity (Wildman–Crippen MR) is 120 cm³/mol. The largest absolute Gasteiger partial charge is 0.493 e. The zero-order chi connectivity index (χ0) is 20.8. The summed E-state index contributed by atoms with van der Waals surface area (Å²) in [6, 6.07) is 16.5. The third-order valence-electron chi connectivity index (χ3n) is 5.28. The molecule has 2 aromatic rings. The fraction of sp³-hybridized carbons (Fsp3) is 0.458. The highest BCUT2D eigenvalue weighted by Crippen LogP contribution is 2.24. The van der Waals surface area contributed by atoms with Crippen molar-refractivity contribution in [3.8, 4) is 5.75 Å². The Balaban J connectivity index is 1.49. The van der Waals surface area contributed by atoms with Gasteiger partial charge >= 0.3 is 0 Å². The molecule has 1 saturated heterocycles. The molecule has 1 heterocycles. The SMILES string of the molecule is CC(C)COc1ccc(CC(=O)Nc2ccc(N3CCC(N(C)C)C3)cc2)cc1. The van der Waals surface area contributed by atoms with Crippen LogP contribution in [-0.4, -0.2) is 50.6 Å². The van der Waals surface area contributed by atoms with E-state index in [1.807, 2.05) is 36.4 Å². The second kappa shape index (κ2) is 9.79. The van der Waals surface area contributed by atoms with Crippen LogP contribution in [0.15, 0.2) is 48.5 Å². The molecular formula is C24H33N3O2. The van der Waals surface area contributed by atoms with Gasteiger partial charge in [-0.3, -0.25) is 4.79 Å². The number of nitrogens with zero attached hydrogens (tertiary/aromatic N) is 2. The molecule has 0 aliphatic carbocycles. The summed E-state index contributed by atoms with van der Waals surface area (Å²) < 4.78 is 5.69. The molecule has 1 fully saturated rings. The van der Waals surface area contributed by atoms with Gasteiger partial charge in [0, 0.05) is 30.5 Å². The molecule has 0 spiro atoms. The van der Waals surface area contributed by atoms with Gasteiger partial charge in [0.25, 0.3) is 0 Å². The summed E-state index contributed by atoms with van der Waals surface area (Å²) in [5.74, 6) is 1.33. The summed E-state index contributed by atoms with van der Waals surface area (Å²) in [6.07, 6.45) is 1.54. The molecule has 1 aliphatic heterocycles. The van der Waals surface area contributed by atoms with Crippen LogP contribution in [0.4, 0.5) is 11.4 Å². The van der Waals surface area contributed by atoms with Crippen molar-refractivity contribution in [1.29, 1.82) is 0 Å². The van der Waals surface area contributed by atoms with Gasteiger partial charge in [-0.1, -0.05) is 26.0 Å². The standard InChI is InChI=1S/C24H33N3O2/c1-18(2)17-29-23-11-5-19(6-12-23)15-24(28)25-20-7-9-21(10-8-20)27-14-13-22(16-27)26(3)4/h5-12,18,22H,13-17H2,1-4H3,(H,25,28). The lowest BCUT2D eigenvalue weighted by atomic mass is 10.1. The Morgan fingerprint density at radius 3 is 2.41 bits per heavy atom. The number of nitrogens with one attached hydrogen (secondary N) is 1. The maximum atomic E-state index is 12.4. The number of anilines is 2. The number of carbonyl (C=O) groups excluding carboxylic acids is 1. The maximum absolute atomic E-state index is 12.4. The highest BCUT2D eigenvalue weighted by atomic mass is 16.5. The number of ether oxygens (including phenoxy) is 1. The number of amides is 1. The van der Waals surface area contributed by atoms with Crippen molar-refractivity contribution in [1.82, 2.24) is 4.90 Å². The van der Waals surface area contributed by atoms with Crippen LogP contribution in [0, 0.1) is 5.92 Å². The normalized spacial score (nSPS) is 16.5. The molecule has 5 nitrogen and oxygen atoms in total. The van der Waals surface area contributed by atoms with Crippen molar-refractivity contribution in [3.05, 3.63) is 54.1 Å². The Kier molecular flexibility index (Phi) is 7.15. The lowest BCUT2D eigenvalue weighted by molar-refractivity contribution is -0.115. The fourth-order valence-corrected chi connectivity index (χ4v) is 3.51. The molecule has 1 unspecified atom stereocenters. The van der Waals surface area contributed by atoms with Crippen molar-refractivity contribution < 1.29 is 9.53 Å². The van der Waals surface area contributed by atoms with E-state index in [1.165, 1.54) is 12.1 Å². The monoisotopic (exact) mass is 395 g/mol. The first-order valence-corrected chi connectivity index (χ1v) is 10.4. The number of likely N-dealkylation sites (N-methyl/N-ethyl adjacent to an activating group) is 1. The molecule has 2 aromatic carbocycles. The average Bonchev–Trinajstić information content (AvgIpc) is 3.18. The Hall–Kier alpha value is -2.53. The second-order valence-electron chi connectivity index (χ2n) is 8.47. The van der Waals surface area contributed by atoms with Crippen LogP contribution in [0.1, 0.15) is 25.8 Å². The molecule has 1 atom stereocenters. The van der Waals surface area contributed by atoms with E-state index in [0.717, 1.165) is 30.1 Å². The number of carbonyl (C=O) groups is 1. The molecule has 1 N–H and O–H groups in total. The quantitative estimate of drug-likeness (QED) is 0.733. The predicted octanol–water partition coefficient (Wildman–Crippen LogP) is 4.04. The number of hydrogen-bond donors (Lipinski definition) is 1. The lowest BCUT2D eigenvalue weighted by Crippen LogP contribution is -2.31. The van der Waals surface area contributed by atoms with Gasteiger partial charge in [0.15, 0.2) is 0 Å². The Morgan fingerprint density at radius 1 is 1.14 bits per heavy atom. The first-order valence-electron chi connectivity index (χ1n) is 10.4. The van der Waals surface area contributed by atoms with E-state index in [1.54, 1.807) is 0 Å². The van der Waals surface area contributed by atoms with Gasteiger partial charge in [-0.25, -0.2) is 0 Å². The molecule has 156 valence electrons. The minimum Gasteiger partial charge on any atom is -0.493 e. The van der Waals surface area contributed by atoms with E-state index in [-0.39, 0.29) is 5.91 Å². The molecule has 1 amide bonds. The number of rotatable bonds is 8. The van der Waals surface area contributed by atoms with Gasteiger partial charge in [-0.15, -0.1) is 0 Å². The zero-order valence-corrected chi connectivity index (χ0v) is 18.0. The summed E-state index contributed by atoms with van der Waals surface area (Å²) in [6.45, 7) is 7.07. The summed E-state index contributed by atoms with van der Waals surface area (Å²) >= 11 is 0. The van der Waals surface area contributed by atoms with E-state index < -0.39 is 0 Å². The van der Waals surface area contributed by atoms with Gasteiger partial charge in [0.05, 0.1) is 13.0 Å². The lowest BCUT2D eigenvalue weighted by Gasteiger charge is -2.22. The van der Waals surface area contributed by atoms with Crippen molar-refractivity contribution in [2.75, 3.05) is 44.0 Å². The van der Waals surface area contributed by atoms with E-state index in [2.05, 4.69) is 55.2 Å². The smallest absolute Gasteiger partial charge is 0.228 e. The first kappa shape index (κ1) is 21.2. The van der Waals surface area contributed by atoms with Crippen LogP contribution >= 0.6 is 0 Å². The van der Waals surface area contributed by atoms with E-state index in [0.29, 0.717) is 25.0 Å². The summed E-state index contributed by atoms with van der Waals surface area (Å²) in [5, 5.41) is 2.99. The molecule has 5 heteroatoms. The van der Waals surface area contributed by atoms with Crippen LogP contribution in [-0.2, 0) is 11.2 Å². The number of benzene rings is 2. The number of hydrogen-bond acceptors (Lipinski definition) is 4. The van der Waals surface area contributed by atoms with Gasteiger partial charge in [0.2, 0.25) is 5.91 Å². The van der Waals surface area contributed by atoms with E-state index >= 15 is 0 Å². The molecule has 0 saturated carbocycles. The molecule has 1 aliphatic rings.